The van der Waals surface area contributed by atoms with Crippen molar-refractivity contribution in [2.45, 2.75) is 4.90 Å². The van der Waals surface area contributed by atoms with Crippen molar-refractivity contribution >= 4 is 38.3 Å². The molecule has 9 heteroatoms. The summed E-state index contributed by atoms with van der Waals surface area (Å²) in [6.45, 7) is 0. The number of rotatable bonds is 4. The van der Waals surface area contributed by atoms with Gasteiger partial charge in [0, 0.05) is 14.8 Å². The molecule has 0 spiro atoms. The lowest BCUT2D eigenvalue weighted by Crippen LogP contribution is -2.12. The van der Waals surface area contributed by atoms with E-state index in [1.165, 1.54) is 12.1 Å². The number of benzene rings is 2. The molecule has 0 radical (unpaired) electrons. The van der Waals surface area contributed by atoms with Gasteiger partial charge in [-0.05, 0) is 75.5 Å². The van der Waals surface area contributed by atoms with Crippen LogP contribution in [0.4, 0.5) is 5.69 Å². The topological polar surface area (TPSA) is 101 Å². The molecule has 0 aliphatic carbocycles. The SMILES string of the molecule is O=S(=O)(Nc1cccc(I)c1)c1ccc(-c2nnn[nH]2)cc1. The Morgan fingerprint density at radius 1 is 1.09 bits per heavy atom. The van der Waals surface area contributed by atoms with Crippen LogP contribution in [-0.2, 0) is 10.0 Å². The summed E-state index contributed by atoms with van der Waals surface area (Å²) in [5.74, 6) is 0.481. The smallest absolute Gasteiger partial charge is 0.261 e. The van der Waals surface area contributed by atoms with Crippen molar-refractivity contribution < 1.29 is 8.42 Å². The van der Waals surface area contributed by atoms with Crippen molar-refractivity contribution in [2.75, 3.05) is 4.72 Å². The molecule has 0 aliphatic heterocycles. The summed E-state index contributed by atoms with van der Waals surface area (Å²) in [5, 5.41) is 13.4. The molecule has 2 N–H and O–H groups in total. The second-order valence-electron chi connectivity index (χ2n) is 4.39. The third kappa shape index (κ3) is 3.25. The Labute approximate surface area is 140 Å². The van der Waals surface area contributed by atoms with Gasteiger partial charge < -0.3 is 0 Å². The molecule has 0 unspecified atom stereocenters. The number of H-pyrrole nitrogens is 1. The molecule has 1 heterocycles. The van der Waals surface area contributed by atoms with Gasteiger partial charge in [-0.25, -0.2) is 13.5 Å². The highest BCUT2D eigenvalue weighted by Gasteiger charge is 2.14. The second-order valence-corrected chi connectivity index (χ2v) is 7.32. The van der Waals surface area contributed by atoms with E-state index in [4.69, 9.17) is 0 Å². The van der Waals surface area contributed by atoms with Gasteiger partial charge in [0.05, 0.1) is 4.90 Å². The lowest BCUT2D eigenvalue weighted by atomic mass is 10.2. The maximum Gasteiger partial charge on any atom is 0.261 e. The number of nitrogens with one attached hydrogen (secondary N) is 2. The monoisotopic (exact) mass is 427 g/mol. The van der Waals surface area contributed by atoms with Gasteiger partial charge in [0.25, 0.3) is 10.0 Å². The van der Waals surface area contributed by atoms with E-state index < -0.39 is 10.0 Å². The van der Waals surface area contributed by atoms with Gasteiger partial charge in [0.15, 0.2) is 5.82 Å². The van der Waals surface area contributed by atoms with Crippen molar-refractivity contribution in [3.63, 3.8) is 0 Å². The van der Waals surface area contributed by atoms with Crippen molar-refractivity contribution in [3.05, 3.63) is 52.1 Å². The van der Waals surface area contributed by atoms with E-state index in [1.54, 1.807) is 30.3 Å². The Morgan fingerprint density at radius 3 is 2.50 bits per heavy atom. The van der Waals surface area contributed by atoms with Crippen LogP contribution in [0.15, 0.2) is 53.4 Å². The number of anilines is 1. The van der Waals surface area contributed by atoms with Crippen LogP contribution in [0.5, 0.6) is 0 Å². The van der Waals surface area contributed by atoms with E-state index in [9.17, 15) is 8.42 Å². The van der Waals surface area contributed by atoms with Crippen molar-refractivity contribution in [3.8, 4) is 11.4 Å². The summed E-state index contributed by atoms with van der Waals surface area (Å²) in [6.07, 6.45) is 0. The zero-order chi connectivity index (χ0) is 15.6. The van der Waals surface area contributed by atoms with E-state index >= 15 is 0 Å². The van der Waals surface area contributed by atoms with Gasteiger partial charge in [0.1, 0.15) is 0 Å². The molecule has 3 aromatic rings. The highest BCUT2D eigenvalue weighted by atomic mass is 127. The number of nitrogens with zero attached hydrogens (tertiary/aromatic N) is 3. The molecule has 0 saturated carbocycles. The lowest BCUT2D eigenvalue weighted by Gasteiger charge is -2.08. The number of tetrazole rings is 1. The number of halogens is 1. The van der Waals surface area contributed by atoms with Gasteiger partial charge in [-0.3, -0.25) is 4.72 Å². The van der Waals surface area contributed by atoms with E-state index in [-0.39, 0.29) is 4.90 Å². The predicted octanol–water partition coefficient (Wildman–Crippen LogP) is 2.27. The Morgan fingerprint density at radius 2 is 1.86 bits per heavy atom. The molecule has 0 atom stereocenters. The van der Waals surface area contributed by atoms with Crippen LogP contribution in [0.1, 0.15) is 0 Å². The number of aromatic nitrogens is 4. The van der Waals surface area contributed by atoms with E-state index in [0.29, 0.717) is 17.1 Å². The Kier molecular flexibility index (Phi) is 4.07. The van der Waals surface area contributed by atoms with Crippen molar-refractivity contribution in [1.82, 2.24) is 20.6 Å². The first-order valence-corrected chi connectivity index (χ1v) is 8.73. The summed E-state index contributed by atoms with van der Waals surface area (Å²) in [5.41, 5.74) is 1.23. The molecule has 0 saturated heterocycles. The zero-order valence-electron chi connectivity index (χ0n) is 11.1. The van der Waals surface area contributed by atoms with Gasteiger partial charge >= 0.3 is 0 Å². The van der Waals surface area contributed by atoms with Gasteiger partial charge in [0.2, 0.25) is 0 Å². The Balaban J connectivity index is 1.86. The van der Waals surface area contributed by atoms with E-state index in [0.717, 1.165) is 3.57 Å². The molecule has 0 aliphatic rings. The lowest BCUT2D eigenvalue weighted by molar-refractivity contribution is 0.601. The number of sulfonamides is 1. The molecule has 3 rings (SSSR count). The summed E-state index contributed by atoms with van der Waals surface area (Å²) >= 11 is 2.12. The first-order chi connectivity index (χ1) is 10.5. The van der Waals surface area contributed by atoms with Crippen LogP contribution in [-0.4, -0.2) is 29.0 Å². The standard InChI is InChI=1S/C13H10IN5O2S/c14-10-2-1-3-11(8-10)17-22(20,21)12-6-4-9(5-7-12)13-15-18-19-16-13/h1-8,17H,(H,15,16,18,19). The molecule has 0 fully saturated rings. The highest BCUT2D eigenvalue weighted by molar-refractivity contribution is 14.1. The first kappa shape index (κ1) is 14.9. The average molecular weight is 427 g/mol. The predicted molar refractivity (Wildman–Crippen MR) is 89.6 cm³/mol. The summed E-state index contributed by atoms with van der Waals surface area (Å²) in [4.78, 5) is 0.169. The van der Waals surface area contributed by atoms with Crippen LogP contribution >= 0.6 is 22.6 Å². The van der Waals surface area contributed by atoms with Gasteiger partial charge in [-0.15, -0.1) is 5.10 Å². The van der Waals surface area contributed by atoms with Crippen LogP contribution in [0.25, 0.3) is 11.4 Å². The van der Waals surface area contributed by atoms with Gasteiger partial charge in [-0.1, -0.05) is 6.07 Å². The summed E-state index contributed by atoms with van der Waals surface area (Å²) in [6, 6.07) is 13.4. The van der Waals surface area contributed by atoms with Crippen LogP contribution in [0.2, 0.25) is 0 Å². The maximum absolute atomic E-state index is 12.3. The third-order valence-corrected chi connectivity index (χ3v) is 4.93. The largest absolute Gasteiger partial charge is 0.280 e. The van der Waals surface area contributed by atoms with E-state index in [1.807, 2.05) is 6.07 Å². The number of aromatic amines is 1. The molecule has 7 nitrogen and oxygen atoms in total. The molecular formula is C13H10IN5O2S. The number of hydrogen-bond donors (Lipinski definition) is 2. The molecule has 0 bridgehead atoms. The molecular weight excluding hydrogens is 417 g/mol. The summed E-state index contributed by atoms with van der Waals surface area (Å²) < 4.78 is 28.2. The van der Waals surface area contributed by atoms with E-state index in [2.05, 4.69) is 47.9 Å². The van der Waals surface area contributed by atoms with Crippen molar-refractivity contribution in [1.29, 1.82) is 0 Å². The highest BCUT2D eigenvalue weighted by Crippen LogP contribution is 2.20. The van der Waals surface area contributed by atoms with Crippen LogP contribution in [0, 0.1) is 3.57 Å². The van der Waals surface area contributed by atoms with Crippen molar-refractivity contribution in [2.24, 2.45) is 0 Å². The molecule has 112 valence electrons. The molecule has 1 aromatic heterocycles. The summed E-state index contributed by atoms with van der Waals surface area (Å²) in [7, 11) is -3.63. The first-order valence-electron chi connectivity index (χ1n) is 6.17. The fourth-order valence-electron chi connectivity index (χ4n) is 1.84. The fourth-order valence-corrected chi connectivity index (χ4v) is 3.43. The van der Waals surface area contributed by atoms with Crippen LogP contribution < -0.4 is 4.72 Å². The maximum atomic E-state index is 12.3. The van der Waals surface area contributed by atoms with Gasteiger partial charge in [-0.2, -0.15) is 0 Å². The van der Waals surface area contributed by atoms with Crippen LogP contribution in [0.3, 0.4) is 0 Å². The Hall–Kier alpha value is -2.01. The normalized spacial score (nSPS) is 11.3. The third-order valence-electron chi connectivity index (χ3n) is 2.86. The minimum absolute atomic E-state index is 0.169. The zero-order valence-corrected chi connectivity index (χ0v) is 14.0. The minimum Gasteiger partial charge on any atom is -0.280 e. The quantitative estimate of drug-likeness (QED) is 0.623. The minimum atomic E-state index is -3.63. The Bertz CT molecular complexity index is 879. The molecule has 0 amide bonds. The average Bonchev–Trinajstić information content (AvgIpc) is 3.01. The fraction of sp³-hybridized carbons (Fsp3) is 0. The second kappa shape index (κ2) is 6.01. The molecule has 2 aromatic carbocycles. The number of hydrogen-bond acceptors (Lipinski definition) is 5. The molecule has 22 heavy (non-hydrogen) atoms.